The van der Waals surface area contributed by atoms with Crippen molar-refractivity contribution in [3.05, 3.63) is 87.5 Å². The van der Waals surface area contributed by atoms with Crippen molar-refractivity contribution in [2.45, 2.75) is 46.8 Å². The predicted molar refractivity (Wildman–Crippen MR) is 143 cm³/mol. The largest absolute Gasteiger partial charge is 0.392 e. The number of nitrogens with one attached hydrogen (secondary N) is 1. The minimum atomic E-state index is -0.318. The van der Waals surface area contributed by atoms with E-state index in [9.17, 15) is 14.7 Å². The van der Waals surface area contributed by atoms with Gasteiger partial charge in [-0.15, -0.1) is 0 Å². The van der Waals surface area contributed by atoms with Gasteiger partial charge in [-0.1, -0.05) is 13.8 Å². The van der Waals surface area contributed by atoms with Crippen molar-refractivity contribution in [2.24, 2.45) is 5.41 Å². The number of nitrogens with zero attached hydrogens (tertiary/aromatic N) is 6. The smallest absolute Gasteiger partial charge is 0.276 e. The van der Waals surface area contributed by atoms with E-state index in [1.165, 1.54) is 22.0 Å². The van der Waals surface area contributed by atoms with Crippen LogP contribution in [-0.4, -0.2) is 41.8 Å². The highest BCUT2D eigenvalue weighted by atomic mass is 16.3. The van der Waals surface area contributed by atoms with Gasteiger partial charge in [0.05, 0.1) is 6.61 Å². The van der Waals surface area contributed by atoms with Crippen molar-refractivity contribution in [3.8, 4) is 11.1 Å². The van der Waals surface area contributed by atoms with Gasteiger partial charge < -0.3 is 9.67 Å². The first-order valence-electron chi connectivity index (χ1n) is 12.7. The summed E-state index contributed by atoms with van der Waals surface area (Å²) in [6.07, 6.45) is 6.72. The average molecular weight is 512 g/mol. The van der Waals surface area contributed by atoms with E-state index in [1.807, 2.05) is 6.07 Å². The maximum absolute atomic E-state index is 13.7. The molecule has 0 saturated heterocycles. The van der Waals surface area contributed by atoms with Gasteiger partial charge in [0.15, 0.2) is 0 Å². The molecule has 4 aromatic rings. The van der Waals surface area contributed by atoms with Crippen LogP contribution in [0.1, 0.15) is 46.9 Å². The summed E-state index contributed by atoms with van der Waals surface area (Å²) in [5.41, 5.74) is 8.60. The molecule has 0 radical (unpaired) electrons. The van der Waals surface area contributed by atoms with Gasteiger partial charge in [0.2, 0.25) is 5.95 Å². The van der Waals surface area contributed by atoms with E-state index in [0.29, 0.717) is 41.4 Å². The van der Waals surface area contributed by atoms with E-state index in [-0.39, 0.29) is 29.4 Å². The van der Waals surface area contributed by atoms with E-state index < -0.39 is 0 Å². The number of carbonyl (C=O) groups is 1. The van der Waals surface area contributed by atoms with E-state index in [2.05, 4.69) is 38.8 Å². The van der Waals surface area contributed by atoms with E-state index in [0.717, 1.165) is 18.4 Å². The van der Waals surface area contributed by atoms with Gasteiger partial charge in [0.25, 0.3) is 11.5 Å². The molecule has 1 aliphatic heterocycles. The SMILES string of the molecule is Cc1c(-c2ccnc(N3CCn4c(cc5c4CC(C)(C)C5)C3=O)c2CO)ccc(=O)n1Nc1ncccn1. The van der Waals surface area contributed by atoms with Crippen molar-refractivity contribution >= 4 is 17.7 Å². The second-order valence-corrected chi connectivity index (χ2v) is 10.6. The Morgan fingerprint density at radius 1 is 1.00 bits per heavy atom. The number of hydrogen-bond donors (Lipinski definition) is 2. The average Bonchev–Trinajstić information content (AvgIpc) is 3.39. The van der Waals surface area contributed by atoms with Crippen LogP contribution in [0, 0.1) is 12.3 Å². The molecule has 194 valence electrons. The van der Waals surface area contributed by atoms with Crippen LogP contribution in [0.25, 0.3) is 11.1 Å². The van der Waals surface area contributed by atoms with Crippen molar-refractivity contribution in [2.75, 3.05) is 16.9 Å². The number of amides is 1. The van der Waals surface area contributed by atoms with Gasteiger partial charge in [-0.3, -0.25) is 19.9 Å². The van der Waals surface area contributed by atoms with Crippen LogP contribution in [0.5, 0.6) is 0 Å². The zero-order chi connectivity index (χ0) is 26.6. The monoisotopic (exact) mass is 511 g/mol. The minimum absolute atomic E-state index is 0.118. The number of carbonyl (C=O) groups excluding carboxylic acids is 1. The first-order chi connectivity index (χ1) is 18.3. The van der Waals surface area contributed by atoms with E-state index >= 15 is 0 Å². The highest BCUT2D eigenvalue weighted by Crippen LogP contribution is 2.40. The third kappa shape index (κ3) is 3.88. The third-order valence-electron chi connectivity index (χ3n) is 7.48. The number of rotatable bonds is 5. The Balaban J connectivity index is 1.39. The fraction of sp³-hybridized carbons (Fsp3) is 0.321. The molecule has 1 aliphatic carbocycles. The molecule has 0 fully saturated rings. The van der Waals surface area contributed by atoms with Crippen molar-refractivity contribution in [1.29, 1.82) is 0 Å². The third-order valence-corrected chi connectivity index (χ3v) is 7.48. The summed E-state index contributed by atoms with van der Waals surface area (Å²) in [6.45, 7) is 7.13. The Bertz CT molecular complexity index is 1620. The number of anilines is 2. The molecule has 5 heterocycles. The normalized spacial score (nSPS) is 15.9. The minimum Gasteiger partial charge on any atom is -0.392 e. The van der Waals surface area contributed by atoms with Gasteiger partial charge in [-0.2, -0.15) is 0 Å². The first kappa shape index (κ1) is 24.1. The number of pyridine rings is 2. The molecule has 2 N–H and O–H groups in total. The first-order valence-corrected chi connectivity index (χ1v) is 12.7. The molecule has 1 amide bonds. The molecule has 0 bridgehead atoms. The molecule has 0 unspecified atom stereocenters. The van der Waals surface area contributed by atoms with Gasteiger partial charge in [0, 0.05) is 60.3 Å². The summed E-state index contributed by atoms with van der Waals surface area (Å²) < 4.78 is 3.52. The highest BCUT2D eigenvalue weighted by Gasteiger charge is 2.37. The number of aromatic nitrogens is 5. The maximum Gasteiger partial charge on any atom is 0.276 e. The molecule has 38 heavy (non-hydrogen) atoms. The molecule has 4 aromatic heterocycles. The highest BCUT2D eigenvalue weighted by molar-refractivity contribution is 6.06. The van der Waals surface area contributed by atoms with E-state index in [4.69, 9.17) is 0 Å². The number of hydrogen-bond acceptors (Lipinski definition) is 7. The van der Waals surface area contributed by atoms with Crippen LogP contribution >= 0.6 is 0 Å². The molecular formula is C28H29N7O3. The van der Waals surface area contributed by atoms with Gasteiger partial charge in [-0.05, 0) is 60.6 Å². The lowest BCUT2D eigenvalue weighted by molar-refractivity contribution is 0.0962. The molecule has 2 aliphatic rings. The summed E-state index contributed by atoms with van der Waals surface area (Å²) in [5, 5.41) is 10.5. The van der Waals surface area contributed by atoms with Crippen molar-refractivity contribution in [3.63, 3.8) is 0 Å². The Morgan fingerprint density at radius 3 is 2.55 bits per heavy atom. The van der Waals surface area contributed by atoms with Gasteiger partial charge >= 0.3 is 0 Å². The molecule has 6 rings (SSSR count). The molecule has 10 heteroatoms. The topological polar surface area (TPSA) is 118 Å². The fourth-order valence-corrected chi connectivity index (χ4v) is 5.75. The molecular weight excluding hydrogens is 482 g/mol. The Morgan fingerprint density at radius 2 is 1.79 bits per heavy atom. The number of aliphatic hydroxyl groups is 1. The van der Waals surface area contributed by atoms with Crippen LogP contribution in [0.4, 0.5) is 11.8 Å². The number of fused-ring (bicyclic) bond motifs is 3. The zero-order valence-electron chi connectivity index (χ0n) is 21.6. The Kier molecular flexibility index (Phi) is 5.64. The lowest BCUT2D eigenvalue weighted by Gasteiger charge is -2.31. The Labute approximate surface area is 219 Å². The summed E-state index contributed by atoms with van der Waals surface area (Å²) in [5.74, 6) is 0.594. The van der Waals surface area contributed by atoms with Crippen LogP contribution < -0.4 is 15.9 Å². The summed E-state index contributed by atoms with van der Waals surface area (Å²) in [7, 11) is 0. The number of aliphatic hydroxyl groups excluding tert-OH is 1. The molecule has 10 nitrogen and oxygen atoms in total. The Hall–Kier alpha value is -4.31. The van der Waals surface area contributed by atoms with Crippen molar-refractivity contribution < 1.29 is 9.90 Å². The van der Waals surface area contributed by atoms with Gasteiger partial charge in [0.1, 0.15) is 11.5 Å². The van der Waals surface area contributed by atoms with Crippen LogP contribution in [-0.2, 0) is 26.0 Å². The molecule has 0 atom stereocenters. The zero-order valence-corrected chi connectivity index (χ0v) is 21.6. The fourth-order valence-electron chi connectivity index (χ4n) is 5.75. The molecule has 0 aromatic carbocycles. The lowest BCUT2D eigenvalue weighted by Crippen LogP contribution is -2.41. The second-order valence-electron chi connectivity index (χ2n) is 10.6. The van der Waals surface area contributed by atoms with Gasteiger partial charge in [-0.25, -0.2) is 19.6 Å². The second kappa shape index (κ2) is 8.91. The van der Waals surface area contributed by atoms with Crippen LogP contribution in [0.2, 0.25) is 0 Å². The summed E-state index contributed by atoms with van der Waals surface area (Å²) in [4.78, 5) is 40.8. The maximum atomic E-state index is 13.7. The summed E-state index contributed by atoms with van der Waals surface area (Å²) in [6, 6.07) is 8.67. The standard InChI is InChI=1S/C28H29N7O3/c1-17-19(5-6-24(37)35(17)32-27-30-8-4-9-31-27)20-7-10-29-25(21(20)16-36)34-12-11-33-22(26(34)38)13-18-14-28(2,3)15-23(18)33/h4-10,13,36H,11-12,14-16H2,1-3H3,(H,30,31,32). The quantitative estimate of drug-likeness (QED) is 0.423. The van der Waals surface area contributed by atoms with E-state index in [1.54, 1.807) is 48.6 Å². The summed E-state index contributed by atoms with van der Waals surface area (Å²) >= 11 is 0. The lowest BCUT2D eigenvalue weighted by atomic mass is 9.90. The predicted octanol–water partition coefficient (Wildman–Crippen LogP) is 2.96. The van der Waals surface area contributed by atoms with Crippen LogP contribution in [0.3, 0.4) is 0 Å². The van der Waals surface area contributed by atoms with Crippen molar-refractivity contribution in [1.82, 2.24) is 24.2 Å². The molecule has 0 spiro atoms. The molecule has 0 saturated carbocycles. The van der Waals surface area contributed by atoms with Crippen LogP contribution in [0.15, 0.2) is 53.7 Å².